The van der Waals surface area contributed by atoms with Crippen LogP contribution in [0.2, 0.25) is 0 Å². The Morgan fingerprint density at radius 3 is 2.32 bits per heavy atom. The normalized spacial score (nSPS) is 10.3. The Morgan fingerprint density at radius 1 is 0.909 bits per heavy atom. The summed E-state index contributed by atoms with van der Waals surface area (Å²) in [5, 5.41) is 0. The molecule has 118 valence electrons. The molecule has 0 aliphatic rings. The van der Waals surface area contributed by atoms with Crippen molar-refractivity contribution in [2.75, 3.05) is 26.9 Å². The summed E-state index contributed by atoms with van der Waals surface area (Å²) in [4.78, 5) is 0. The van der Waals surface area contributed by atoms with Gasteiger partial charge in [-0.2, -0.15) is 0 Å². The van der Waals surface area contributed by atoms with Crippen LogP contribution in [-0.2, 0) is 6.42 Å². The largest absolute Gasteiger partial charge is 0.493 e. The van der Waals surface area contributed by atoms with E-state index in [4.69, 9.17) is 19.9 Å². The van der Waals surface area contributed by atoms with Gasteiger partial charge in [0.05, 0.1) is 7.11 Å². The van der Waals surface area contributed by atoms with E-state index in [0.29, 0.717) is 19.8 Å². The van der Waals surface area contributed by atoms with Crippen molar-refractivity contribution in [1.82, 2.24) is 0 Å². The molecule has 0 unspecified atom stereocenters. The molecule has 0 aromatic heterocycles. The minimum atomic E-state index is 0.459. The quantitative estimate of drug-likeness (QED) is 0.762. The number of aryl methyl sites for hydroxylation is 1. The maximum atomic E-state index is 5.74. The predicted molar refractivity (Wildman–Crippen MR) is 87.9 cm³/mol. The van der Waals surface area contributed by atoms with Crippen LogP contribution in [0.5, 0.6) is 17.2 Å². The first-order valence-corrected chi connectivity index (χ1v) is 7.43. The molecule has 0 bridgehead atoms. The van der Waals surface area contributed by atoms with E-state index < -0.39 is 0 Å². The summed E-state index contributed by atoms with van der Waals surface area (Å²) in [5.41, 5.74) is 7.83. The molecule has 0 fully saturated rings. The Balaban J connectivity index is 1.87. The predicted octanol–water partition coefficient (Wildman–Crippen LogP) is 2.96. The molecule has 0 aliphatic heterocycles. The van der Waals surface area contributed by atoms with Crippen molar-refractivity contribution < 1.29 is 14.2 Å². The Hall–Kier alpha value is -2.20. The zero-order valence-electron chi connectivity index (χ0n) is 13.2. The molecule has 0 spiro atoms. The zero-order valence-corrected chi connectivity index (χ0v) is 13.2. The maximum absolute atomic E-state index is 5.74. The summed E-state index contributed by atoms with van der Waals surface area (Å²) in [6.07, 6.45) is 0.826. The van der Waals surface area contributed by atoms with Crippen LogP contribution in [-0.4, -0.2) is 26.9 Å². The van der Waals surface area contributed by atoms with E-state index in [1.807, 2.05) is 49.4 Å². The summed E-state index contributed by atoms with van der Waals surface area (Å²) in [6, 6.07) is 13.8. The number of benzene rings is 2. The monoisotopic (exact) mass is 301 g/mol. The number of rotatable bonds is 8. The third-order valence-electron chi connectivity index (χ3n) is 3.35. The first kappa shape index (κ1) is 16.2. The smallest absolute Gasteiger partial charge is 0.161 e. The van der Waals surface area contributed by atoms with Crippen molar-refractivity contribution in [1.29, 1.82) is 0 Å². The lowest BCUT2D eigenvalue weighted by Crippen LogP contribution is -2.10. The Kier molecular flexibility index (Phi) is 6.10. The van der Waals surface area contributed by atoms with Crippen LogP contribution in [0.15, 0.2) is 42.5 Å². The zero-order chi connectivity index (χ0) is 15.8. The number of hydrogen-bond donors (Lipinski definition) is 1. The molecule has 0 saturated carbocycles. The van der Waals surface area contributed by atoms with Crippen LogP contribution in [0.3, 0.4) is 0 Å². The summed E-state index contributed by atoms with van der Waals surface area (Å²) in [7, 11) is 1.64. The second-order valence-corrected chi connectivity index (χ2v) is 4.99. The van der Waals surface area contributed by atoms with Crippen molar-refractivity contribution in [2.24, 2.45) is 5.73 Å². The van der Waals surface area contributed by atoms with Crippen molar-refractivity contribution in [3.8, 4) is 17.2 Å². The molecule has 0 amide bonds. The van der Waals surface area contributed by atoms with E-state index in [1.165, 1.54) is 0 Å². The SMILES string of the molecule is COc1cc(CCN)ccc1OCCOc1ccccc1C. The summed E-state index contributed by atoms with van der Waals surface area (Å²) in [6.45, 7) is 3.59. The van der Waals surface area contributed by atoms with Gasteiger partial charge in [0, 0.05) is 0 Å². The molecule has 0 saturated heterocycles. The van der Waals surface area contributed by atoms with E-state index in [0.717, 1.165) is 34.8 Å². The van der Waals surface area contributed by atoms with Crippen LogP contribution in [0, 0.1) is 6.92 Å². The highest BCUT2D eigenvalue weighted by atomic mass is 16.5. The lowest BCUT2D eigenvalue weighted by Gasteiger charge is -2.13. The molecule has 0 atom stereocenters. The molecule has 4 nitrogen and oxygen atoms in total. The summed E-state index contributed by atoms with van der Waals surface area (Å²) < 4.78 is 16.8. The van der Waals surface area contributed by atoms with E-state index in [9.17, 15) is 0 Å². The molecular weight excluding hydrogens is 278 g/mol. The van der Waals surface area contributed by atoms with Crippen molar-refractivity contribution >= 4 is 0 Å². The first-order chi connectivity index (χ1) is 10.7. The van der Waals surface area contributed by atoms with Crippen molar-refractivity contribution in [2.45, 2.75) is 13.3 Å². The Labute approximate surface area is 131 Å². The molecule has 0 heterocycles. The highest BCUT2D eigenvalue weighted by molar-refractivity contribution is 5.43. The maximum Gasteiger partial charge on any atom is 0.161 e. The Bertz CT molecular complexity index is 599. The molecule has 0 radical (unpaired) electrons. The van der Waals surface area contributed by atoms with Gasteiger partial charge >= 0.3 is 0 Å². The highest BCUT2D eigenvalue weighted by Gasteiger charge is 2.06. The lowest BCUT2D eigenvalue weighted by molar-refractivity contribution is 0.210. The van der Waals surface area contributed by atoms with Gasteiger partial charge in [-0.25, -0.2) is 0 Å². The fourth-order valence-corrected chi connectivity index (χ4v) is 2.18. The summed E-state index contributed by atoms with van der Waals surface area (Å²) >= 11 is 0. The fourth-order valence-electron chi connectivity index (χ4n) is 2.18. The molecule has 22 heavy (non-hydrogen) atoms. The van der Waals surface area contributed by atoms with Gasteiger partial charge in [0.2, 0.25) is 0 Å². The molecule has 4 heteroatoms. The summed E-state index contributed by atoms with van der Waals surface area (Å²) in [5.74, 6) is 2.33. The average Bonchev–Trinajstić information content (AvgIpc) is 2.54. The standard InChI is InChI=1S/C18H23NO3/c1-14-5-3-4-6-16(14)21-11-12-22-17-8-7-15(9-10-19)13-18(17)20-2/h3-8,13H,9-12,19H2,1-2H3. The van der Waals surface area contributed by atoms with Crippen molar-refractivity contribution in [3.63, 3.8) is 0 Å². The second kappa shape index (κ2) is 8.29. The van der Waals surface area contributed by atoms with Crippen LogP contribution in [0.4, 0.5) is 0 Å². The first-order valence-electron chi connectivity index (χ1n) is 7.43. The van der Waals surface area contributed by atoms with E-state index in [2.05, 4.69) is 0 Å². The highest BCUT2D eigenvalue weighted by Crippen LogP contribution is 2.28. The molecule has 2 aromatic rings. The number of para-hydroxylation sites is 1. The van der Waals surface area contributed by atoms with Gasteiger partial charge in [-0.15, -0.1) is 0 Å². The van der Waals surface area contributed by atoms with E-state index in [1.54, 1.807) is 7.11 Å². The van der Waals surface area contributed by atoms with Gasteiger partial charge in [0.1, 0.15) is 19.0 Å². The minimum absolute atomic E-state index is 0.459. The van der Waals surface area contributed by atoms with Gasteiger partial charge in [0.15, 0.2) is 11.5 Å². The average molecular weight is 301 g/mol. The molecule has 0 aliphatic carbocycles. The molecular formula is C18H23NO3. The van der Waals surface area contributed by atoms with Gasteiger partial charge < -0.3 is 19.9 Å². The minimum Gasteiger partial charge on any atom is -0.493 e. The Morgan fingerprint density at radius 2 is 1.64 bits per heavy atom. The fraction of sp³-hybridized carbons (Fsp3) is 0.333. The second-order valence-electron chi connectivity index (χ2n) is 4.99. The van der Waals surface area contributed by atoms with Gasteiger partial charge in [-0.1, -0.05) is 24.3 Å². The third kappa shape index (κ3) is 4.40. The van der Waals surface area contributed by atoms with Gasteiger partial charge in [0.25, 0.3) is 0 Å². The van der Waals surface area contributed by atoms with Gasteiger partial charge in [-0.05, 0) is 49.2 Å². The van der Waals surface area contributed by atoms with Crippen LogP contribution < -0.4 is 19.9 Å². The van der Waals surface area contributed by atoms with Crippen molar-refractivity contribution in [3.05, 3.63) is 53.6 Å². The van der Waals surface area contributed by atoms with Crippen LogP contribution in [0.25, 0.3) is 0 Å². The number of ether oxygens (including phenoxy) is 3. The topological polar surface area (TPSA) is 53.7 Å². The molecule has 2 aromatic carbocycles. The van der Waals surface area contributed by atoms with Gasteiger partial charge in [-0.3, -0.25) is 0 Å². The van der Waals surface area contributed by atoms with Crippen LogP contribution >= 0.6 is 0 Å². The third-order valence-corrected chi connectivity index (χ3v) is 3.35. The van der Waals surface area contributed by atoms with E-state index >= 15 is 0 Å². The number of hydrogen-bond acceptors (Lipinski definition) is 4. The molecule has 2 N–H and O–H groups in total. The van der Waals surface area contributed by atoms with Crippen LogP contribution in [0.1, 0.15) is 11.1 Å². The number of methoxy groups -OCH3 is 1. The lowest BCUT2D eigenvalue weighted by atomic mass is 10.1. The molecule has 2 rings (SSSR count). The van der Waals surface area contributed by atoms with E-state index in [-0.39, 0.29) is 0 Å². The number of nitrogens with two attached hydrogens (primary N) is 1.